The number of hydrogen-bond acceptors (Lipinski definition) is 7. The van der Waals surface area contributed by atoms with Crippen LogP contribution in [0.3, 0.4) is 0 Å². The van der Waals surface area contributed by atoms with Gasteiger partial charge in [0.25, 0.3) is 5.91 Å². The predicted octanol–water partition coefficient (Wildman–Crippen LogP) is 6.36. The standard InChI is InChI=1S/C33H38N6O3/c1-8-20-11-10-12-21(9-2)26(20)36-30(40)28-24-15-13-23-18-34-32(37-27(23)29(24)39(7)38-28)35-25-16-14-22(17-19(25)3)31(41)42-33(4,5)6/h10-12,14,16-18H,8-9,13,15H2,1-7H3,(H,36,40)(H,34,35,37). The molecule has 0 fully saturated rings. The lowest BCUT2D eigenvalue weighted by atomic mass is 9.93. The number of amides is 1. The monoisotopic (exact) mass is 566 g/mol. The molecule has 42 heavy (non-hydrogen) atoms. The Kier molecular flexibility index (Phi) is 7.86. The SMILES string of the molecule is CCc1cccc(CC)c1NC(=O)c1nn(C)c2c1CCc1cnc(Nc3ccc(C(=O)OC(C)(C)C)cc3C)nc1-2. The lowest BCUT2D eigenvalue weighted by molar-refractivity contribution is 0.00693. The number of nitrogens with zero attached hydrogens (tertiary/aromatic N) is 4. The van der Waals surface area contributed by atoms with Crippen molar-refractivity contribution in [2.24, 2.45) is 7.05 Å². The molecular formula is C33H38N6O3. The Morgan fingerprint density at radius 3 is 2.40 bits per heavy atom. The second-order valence-electron chi connectivity index (χ2n) is 11.6. The van der Waals surface area contributed by atoms with Gasteiger partial charge in [-0.1, -0.05) is 32.0 Å². The van der Waals surface area contributed by atoms with Gasteiger partial charge in [0, 0.05) is 30.2 Å². The van der Waals surface area contributed by atoms with Crippen molar-refractivity contribution in [2.75, 3.05) is 10.6 Å². The third-order valence-electron chi connectivity index (χ3n) is 7.44. The summed E-state index contributed by atoms with van der Waals surface area (Å²) in [5.41, 5.74) is 8.55. The summed E-state index contributed by atoms with van der Waals surface area (Å²) in [6, 6.07) is 11.5. The van der Waals surface area contributed by atoms with Crippen molar-refractivity contribution in [1.82, 2.24) is 19.7 Å². The van der Waals surface area contributed by atoms with Gasteiger partial charge in [0.2, 0.25) is 5.95 Å². The highest BCUT2D eigenvalue weighted by Gasteiger charge is 2.29. The average Bonchev–Trinajstić information content (AvgIpc) is 3.30. The lowest BCUT2D eigenvalue weighted by Crippen LogP contribution is -2.23. The van der Waals surface area contributed by atoms with E-state index in [2.05, 4.69) is 46.7 Å². The number of carbonyl (C=O) groups is 2. The van der Waals surface area contributed by atoms with E-state index in [4.69, 9.17) is 9.72 Å². The Hall–Kier alpha value is -4.53. The molecule has 2 heterocycles. The average molecular weight is 567 g/mol. The summed E-state index contributed by atoms with van der Waals surface area (Å²) in [6.45, 7) is 11.6. The van der Waals surface area contributed by atoms with E-state index in [1.165, 1.54) is 0 Å². The third kappa shape index (κ3) is 5.77. The molecule has 2 aromatic carbocycles. The van der Waals surface area contributed by atoms with Gasteiger partial charge in [-0.15, -0.1) is 0 Å². The van der Waals surface area contributed by atoms with Crippen LogP contribution < -0.4 is 10.6 Å². The zero-order chi connectivity index (χ0) is 30.2. The minimum atomic E-state index is -0.567. The van der Waals surface area contributed by atoms with Crippen LogP contribution in [0.5, 0.6) is 0 Å². The number of nitrogens with one attached hydrogen (secondary N) is 2. The summed E-state index contributed by atoms with van der Waals surface area (Å²) >= 11 is 0. The van der Waals surface area contributed by atoms with Crippen LogP contribution in [0.1, 0.15) is 83.3 Å². The molecule has 0 saturated carbocycles. The first kappa shape index (κ1) is 29.0. The quantitative estimate of drug-likeness (QED) is 0.250. The Balaban J connectivity index is 1.42. The van der Waals surface area contributed by atoms with Crippen molar-refractivity contribution in [3.8, 4) is 11.4 Å². The lowest BCUT2D eigenvalue weighted by Gasteiger charge is -2.20. The van der Waals surface area contributed by atoms with Crippen LogP contribution in [0.25, 0.3) is 11.4 Å². The highest BCUT2D eigenvalue weighted by atomic mass is 16.6. The van der Waals surface area contributed by atoms with E-state index < -0.39 is 5.60 Å². The zero-order valence-electron chi connectivity index (χ0n) is 25.4. The summed E-state index contributed by atoms with van der Waals surface area (Å²) in [4.78, 5) is 35.5. The van der Waals surface area contributed by atoms with E-state index >= 15 is 0 Å². The molecule has 1 aliphatic rings. The summed E-state index contributed by atoms with van der Waals surface area (Å²) in [7, 11) is 1.84. The van der Waals surface area contributed by atoms with Crippen molar-refractivity contribution in [1.29, 1.82) is 0 Å². The molecule has 1 amide bonds. The van der Waals surface area contributed by atoms with Gasteiger partial charge in [0.1, 0.15) is 5.60 Å². The van der Waals surface area contributed by atoms with Crippen LogP contribution >= 0.6 is 0 Å². The number of anilines is 3. The van der Waals surface area contributed by atoms with Gasteiger partial charge in [0.15, 0.2) is 5.69 Å². The molecule has 0 spiro atoms. The van der Waals surface area contributed by atoms with Crippen molar-refractivity contribution < 1.29 is 14.3 Å². The number of benzene rings is 2. The van der Waals surface area contributed by atoms with Gasteiger partial charge in [0.05, 0.1) is 17.0 Å². The van der Waals surface area contributed by atoms with Gasteiger partial charge < -0.3 is 15.4 Å². The number of hydrogen-bond donors (Lipinski definition) is 2. The van der Waals surface area contributed by atoms with Gasteiger partial charge in [-0.3, -0.25) is 9.48 Å². The smallest absolute Gasteiger partial charge is 0.338 e. The topological polar surface area (TPSA) is 111 Å². The molecular weight excluding hydrogens is 528 g/mol. The molecule has 1 aliphatic carbocycles. The van der Waals surface area contributed by atoms with Crippen LogP contribution in [0.2, 0.25) is 0 Å². The predicted molar refractivity (Wildman–Crippen MR) is 164 cm³/mol. The highest BCUT2D eigenvalue weighted by Crippen LogP contribution is 2.35. The van der Waals surface area contributed by atoms with Crippen LogP contribution in [-0.2, 0) is 37.5 Å². The van der Waals surface area contributed by atoms with Gasteiger partial charge >= 0.3 is 5.97 Å². The summed E-state index contributed by atoms with van der Waals surface area (Å²) in [5.74, 6) is -0.153. The maximum absolute atomic E-state index is 13.6. The molecule has 0 atom stereocenters. The minimum absolute atomic E-state index is 0.209. The molecule has 218 valence electrons. The van der Waals surface area contributed by atoms with E-state index in [-0.39, 0.29) is 11.9 Å². The van der Waals surface area contributed by atoms with Crippen molar-refractivity contribution >= 4 is 29.2 Å². The molecule has 0 saturated heterocycles. The number of fused-ring (bicyclic) bond motifs is 3. The number of aryl methyl sites for hydroxylation is 5. The normalized spacial score (nSPS) is 12.4. The number of ether oxygens (including phenoxy) is 1. The molecule has 0 radical (unpaired) electrons. The van der Waals surface area contributed by atoms with Gasteiger partial charge in [-0.05, 0) is 93.8 Å². The first-order valence-electron chi connectivity index (χ1n) is 14.4. The third-order valence-corrected chi connectivity index (χ3v) is 7.44. The molecule has 0 unspecified atom stereocenters. The highest BCUT2D eigenvalue weighted by molar-refractivity contribution is 6.06. The van der Waals surface area contributed by atoms with E-state index in [9.17, 15) is 9.59 Å². The molecule has 0 aliphatic heterocycles. The molecule has 9 heteroatoms. The van der Waals surface area contributed by atoms with Crippen LogP contribution in [0, 0.1) is 6.92 Å². The van der Waals surface area contributed by atoms with Gasteiger partial charge in [-0.2, -0.15) is 5.10 Å². The van der Waals surface area contributed by atoms with E-state index in [0.717, 1.165) is 63.4 Å². The molecule has 2 aromatic heterocycles. The van der Waals surface area contributed by atoms with Crippen LogP contribution in [0.4, 0.5) is 17.3 Å². The maximum Gasteiger partial charge on any atom is 0.338 e. The van der Waals surface area contributed by atoms with Crippen molar-refractivity contribution in [3.63, 3.8) is 0 Å². The number of para-hydroxylation sites is 1. The number of carbonyl (C=O) groups excluding carboxylic acids is 2. The number of esters is 1. The molecule has 5 rings (SSSR count). The fourth-order valence-electron chi connectivity index (χ4n) is 5.36. The van der Waals surface area contributed by atoms with E-state index in [1.54, 1.807) is 16.8 Å². The molecule has 0 bridgehead atoms. The maximum atomic E-state index is 13.6. The zero-order valence-corrected chi connectivity index (χ0v) is 25.4. The summed E-state index contributed by atoms with van der Waals surface area (Å²) in [6.07, 6.45) is 4.87. The van der Waals surface area contributed by atoms with Crippen molar-refractivity contribution in [3.05, 3.63) is 81.7 Å². The fraction of sp³-hybridized carbons (Fsp3) is 0.364. The molecule has 2 N–H and O–H groups in total. The Bertz CT molecular complexity index is 1660. The fourth-order valence-corrected chi connectivity index (χ4v) is 5.36. The number of rotatable bonds is 7. The largest absolute Gasteiger partial charge is 0.456 e. The van der Waals surface area contributed by atoms with Crippen LogP contribution in [0.15, 0.2) is 42.6 Å². The first-order chi connectivity index (χ1) is 20.0. The Labute approximate surface area is 246 Å². The van der Waals surface area contributed by atoms with Gasteiger partial charge in [-0.25, -0.2) is 14.8 Å². The Morgan fingerprint density at radius 2 is 1.76 bits per heavy atom. The van der Waals surface area contributed by atoms with E-state index in [1.807, 2.05) is 53.1 Å². The van der Waals surface area contributed by atoms with Crippen LogP contribution in [-0.4, -0.2) is 37.2 Å². The van der Waals surface area contributed by atoms with Crippen molar-refractivity contribution in [2.45, 2.75) is 72.8 Å². The molecule has 9 nitrogen and oxygen atoms in total. The van der Waals surface area contributed by atoms with E-state index in [0.29, 0.717) is 30.0 Å². The molecule has 4 aromatic rings. The summed E-state index contributed by atoms with van der Waals surface area (Å²) in [5, 5.41) is 11.1. The second-order valence-corrected chi connectivity index (χ2v) is 11.6. The summed E-state index contributed by atoms with van der Waals surface area (Å²) < 4.78 is 7.24. The first-order valence-corrected chi connectivity index (χ1v) is 14.4. The Morgan fingerprint density at radius 1 is 1.05 bits per heavy atom. The minimum Gasteiger partial charge on any atom is -0.456 e. The number of aromatic nitrogens is 4. The second kappa shape index (κ2) is 11.4.